The third-order valence-corrected chi connectivity index (χ3v) is 5.44. The van der Waals surface area contributed by atoms with E-state index in [2.05, 4.69) is 0 Å². The van der Waals surface area contributed by atoms with Crippen LogP contribution in [0.3, 0.4) is 0 Å². The molecule has 1 atom stereocenters. The number of ether oxygens (including phenoxy) is 2. The molecule has 2 aromatic rings. The van der Waals surface area contributed by atoms with Crippen molar-refractivity contribution in [1.82, 2.24) is 4.90 Å². The van der Waals surface area contributed by atoms with Crippen LogP contribution in [0.4, 0.5) is 0 Å². The van der Waals surface area contributed by atoms with E-state index in [1.807, 2.05) is 27.7 Å². The standard InChI is InChI=1S/C26H31NO6/c1-5-13-33-21-11-8-19(15-17(21)4)24(29)22-23(18-6-9-20(28)10-7-18)27(26(31)25(22)30)12-14-32-16(2)3/h6-11,15-16,23,28-29H,5,12-14H2,1-4H3/b24-22-. The van der Waals surface area contributed by atoms with Crippen LogP contribution in [0.15, 0.2) is 48.0 Å². The first-order chi connectivity index (χ1) is 15.7. The van der Waals surface area contributed by atoms with Crippen LogP contribution in [0.25, 0.3) is 5.76 Å². The quantitative estimate of drug-likeness (QED) is 0.333. The number of aliphatic hydroxyl groups is 1. The van der Waals surface area contributed by atoms with Crippen molar-refractivity contribution < 1.29 is 29.3 Å². The predicted molar refractivity (Wildman–Crippen MR) is 125 cm³/mol. The molecule has 1 fully saturated rings. The molecule has 1 aliphatic rings. The molecule has 0 aromatic heterocycles. The average molecular weight is 454 g/mol. The van der Waals surface area contributed by atoms with Crippen LogP contribution in [0.2, 0.25) is 0 Å². The molecule has 1 aliphatic heterocycles. The number of rotatable bonds is 9. The molecule has 7 heteroatoms. The Bertz CT molecular complexity index is 1040. The number of carbonyl (C=O) groups excluding carboxylic acids is 2. The third kappa shape index (κ3) is 5.37. The monoisotopic (exact) mass is 453 g/mol. The summed E-state index contributed by atoms with van der Waals surface area (Å²) < 4.78 is 11.3. The molecule has 0 bridgehead atoms. The molecule has 2 aromatic carbocycles. The van der Waals surface area contributed by atoms with Gasteiger partial charge in [0.05, 0.1) is 30.9 Å². The summed E-state index contributed by atoms with van der Waals surface area (Å²) in [5, 5.41) is 20.9. The molecular weight excluding hydrogens is 422 g/mol. The zero-order valence-corrected chi connectivity index (χ0v) is 19.5. The van der Waals surface area contributed by atoms with Crippen molar-refractivity contribution in [3.8, 4) is 11.5 Å². The van der Waals surface area contributed by atoms with Gasteiger partial charge in [0.2, 0.25) is 0 Å². The highest BCUT2D eigenvalue weighted by Crippen LogP contribution is 2.40. The van der Waals surface area contributed by atoms with Crippen molar-refractivity contribution in [2.75, 3.05) is 19.8 Å². The average Bonchev–Trinajstić information content (AvgIpc) is 3.03. The van der Waals surface area contributed by atoms with Crippen LogP contribution in [0, 0.1) is 6.92 Å². The number of hydrogen-bond donors (Lipinski definition) is 2. The summed E-state index contributed by atoms with van der Waals surface area (Å²) >= 11 is 0. The zero-order valence-electron chi connectivity index (χ0n) is 19.5. The fourth-order valence-electron chi connectivity index (χ4n) is 3.83. The Morgan fingerprint density at radius 3 is 2.39 bits per heavy atom. The van der Waals surface area contributed by atoms with E-state index in [0.717, 1.165) is 12.0 Å². The zero-order chi connectivity index (χ0) is 24.1. The van der Waals surface area contributed by atoms with Gasteiger partial charge in [-0.25, -0.2) is 0 Å². The van der Waals surface area contributed by atoms with Crippen molar-refractivity contribution in [2.24, 2.45) is 0 Å². The van der Waals surface area contributed by atoms with Crippen LogP contribution in [-0.2, 0) is 14.3 Å². The lowest BCUT2D eigenvalue weighted by Crippen LogP contribution is -2.33. The second kappa shape index (κ2) is 10.5. The van der Waals surface area contributed by atoms with E-state index in [1.165, 1.54) is 17.0 Å². The number of ketones is 1. The van der Waals surface area contributed by atoms with Crippen molar-refractivity contribution in [1.29, 1.82) is 0 Å². The van der Waals surface area contributed by atoms with Gasteiger partial charge >= 0.3 is 0 Å². The lowest BCUT2D eigenvalue weighted by atomic mass is 9.94. The smallest absolute Gasteiger partial charge is 0.295 e. The van der Waals surface area contributed by atoms with Gasteiger partial charge in [0, 0.05) is 12.1 Å². The molecule has 0 radical (unpaired) electrons. The Morgan fingerprint density at radius 2 is 1.79 bits per heavy atom. The number of nitrogens with zero attached hydrogens (tertiary/aromatic N) is 1. The number of carbonyl (C=O) groups is 2. The minimum absolute atomic E-state index is 0.0110. The third-order valence-electron chi connectivity index (χ3n) is 5.44. The molecule has 1 heterocycles. The van der Waals surface area contributed by atoms with Crippen LogP contribution >= 0.6 is 0 Å². The molecule has 1 amide bonds. The van der Waals surface area contributed by atoms with Crippen LogP contribution in [0.1, 0.15) is 49.9 Å². The van der Waals surface area contributed by atoms with Gasteiger partial charge in [0.1, 0.15) is 17.3 Å². The summed E-state index contributed by atoms with van der Waals surface area (Å²) in [6.07, 6.45) is 0.850. The minimum atomic E-state index is -0.794. The van der Waals surface area contributed by atoms with Gasteiger partial charge in [-0.05, 0) is 68.7 Å². The number of phenolic OH excluding ortho intramolecular Hbond substituents is 1. The predicted octanol–water partition coefficient (Wildman–Crippen LogP) is 4.34. The molecule has 176 valence electrons. The largest absolute Gasteiger partial charge is 0.508 e. The summed E-state index contributed by atoms with van der Waals surface area (Å²) in [4.78, 5) is 27.4. The lowest BCUT2D eigenvalue weighted by Gasteiger charge is -2.25. The van der Waals surface area contributed by atoms with Crippen molar-refractivity contribution in [3.63, 3.8) is 0 Å². The summed E-state index contributed by atoms with van der Waals surface area (Å²) in [5.74, 6) is -0.920. The van der Waals surface area contributed by atoms with E-state index in [4.69, 9.17) is 9.47 Å². The Morgan fingerprint density at radius 1 is 1.09 bits per heavy atom. The van der Waals surface area contributed by atoms with Crippen molar-refractivity contribution >= 4 is 17.4 Å². The number of Topliss-reactive ketones (excluding diaryl/α,β-unsaturated/α-hetero) is 1. The first-order valence-corrected chi connectivity index (χ1v) is 11.2. The summed E-state index contributed by atoms with van der Waals surface area (Å²) in [6.45, 7) is 8.68. The van der Waals surface area contributed by atoms with Gasteiger partial charge < -0.3 is 24.6 Å². The number of aromatic hydroxyl groups is 1. The highest BCUT2D eigenvalue weighted by atomic mass is 16.5. The first-order valence-electron chi connectivity index (χ1n) is 11.2. The highest BCUT2D eigenvalue weighted by Gasteiger charge is 2.45. The van der Waals surface area contributed by atoms with Crippen LogP contribution in [0.5, 0.6) is 11.5 Å². The number of benzene rings is 2. The van der Waals surface area contributed by atoms with Gasteiger partial charge in [-0.2, -0.15) is 0 Å². The second-order valence-electron chi connectivity index (χ2n) is 8.33. The van der Waals surface area contributed by atoms with Crippen molar-refractivity contribution in [3.05, 3.63) is 64.7 Å². The summed E-state index contributed by atoms with van der Waals surface area (Å²) in [6, 6.07) is 10.6. The van der Waals surface area contributed by atoms with Gasteiger partial charge in [-0.3, -0.25) is 9.59 Å². The normalized spacial score (nSPS) is 17.7. The Labute approximate surface area is 194 Å². The molecule has 33 heavy (non-hydrogen) atoms. The fraction of sp³-hybridized carbons (Fsp3) is 0.385. The van der Waals surface area contributed by atoms with Crippen LogP contribution in [-0.4, -0.2) is 52.7 Å². The maximum atomic E-state index is 13.0. The fourth-order valence-corrected chi connectivity index (χ4v) is 3.83. The van der Waals surface area contributed by atoms with Crippen LogP contribution < -0.4 is 4.74 Å². The van der Waals surface area contributed by atoms with E-state index in [-0.39, 0.29) is 36.3 Å². The maximum Gasteiger partial charge on any atom is 0.295 e. The van der Waals surface area contributed by atoms with E-state index in [9.17, 15) is 19.8 Å². The molecule has 3 rings (SSSR count). The molecule has 0 saturated carbocycles. The lowest BCUT2D eigenvalue weighted by molar-refractivity contribution is -0.140. The Balaban J connectivity index is 2.05. The Kier molecular flexibility index (Phi) is 7.76. The highest BCUT2D eigenvalue weighted by molar-refractivity contribution is 6.46. The number of hydrogen-bond acceptors (Lipinski definition) is 6. The van der Waals surface area contributed by atoms with E-state index in [1.54, 1.807) is 30.3 Å². The second-order valence-corrected chi connectivity index (χ2v) is 8.33. The molecule has 0 aliphatic carbocycles. The van der Waals surface area contributed by atoms with E-state index in [0.29, 0.717) is 23.5 Å². The molecule has 7 nitrogen and oxygen atoms in total. The summed E-state index contributed by atoms with van der Waals surface area (Å²) in [7, 11) is 0. The molecule has 1 unspecified atom stereocenters. The molecule has 0 spiro atoms. The topological polar surface area (TPSA) is 96.3 Å². The van der Waals surface area contributed by atoms with E-state index >= 15 is 0 Å². The first kappa shape index (κ1) is 24.3. The van der Waals surface area contributed by atoms with Gasteiger partial charge in [0.15, 0.2) is 0 Å². The number of amides is 1. The van der Waals surface area contributed by atoms with Gasteiger partial charge in [-0.15, -0.1) is 0 Å². The Hall–Kier alpha value is -3.32. The van der Waals surface area contributed by atoms with Gasteiger partial charge in [-0.1, -0.05) is 19.1 Å². The molecule has 1 saturated heterocycles. The number of aliphatic hydroxyl groups excluding tert-OH is 1. The molecule has 2 N–H and O–H groups in total. The number of phenols is 1. The van der Waals surface area contributed by atoms with E-state index < -0.39 is 17.7 Å². The SMILES string of the molecule is CCCOc1ccc(/C(O)=C2/C(=O)C(=O)N(CCOC(C)C)C2c2ccc(O)cc2)cc1C. The maximum absolute atomic E-state index is 13.0. The molecular formula is C26H31NO6. The number of likely N-dealkylation sites (tertiary alicyclic amines) is 1. The minimum Gasteiger partial charge on any atom is -0.508 e. The van der Waals surface area contributed by atoms with Gasteiger partial charge in [0.25, 0.3) is 11.7 Å². The van der Waals surface area contributed by atoms with Crippen molar-refractivity contribution in [2.45, 2.75) is 46.3 Å². The number of aryl methyl sites for hydroxylation is 1. The summed E-state index contributed by atoms with van der Waals surface area (Å²) in [5.41, 5.74) is 1.86.